The molecule has 0 saturated heterocycles. The first-order valence-corrected chi connectivity index (χ1v) is 5.18. The van der Waals surface area contributed by atoms with Gasteiger partial charge in [-0.1, -0.05) is 13.8 Å². The minimum atomic E-state index is -1.04. The van der Waals surface area contributed by atoms with Gasteiger partial charge in [-0.3, -0.25) is 0 Å². The average Bonchev–Trinajstić information content (AvgIpc) is 2.21. The molecular weight excluding hydrogens is 212 g/mol. The van der Waals surface area contributed by atoms with E-state index < -0.39 is 18.0 Å². The van der Waals surface area contributed by atoms with Crippen molar-refractivity contribution in [2.45, 2.75) is 32.9 Å². The Labute approximate surface area is 95.4 Å². The summed E-state index contributed by atoms with van der Waals surface area (Å²) < 4.78 is 4.94. The van der Waals surface area contributed by atoms with Crippen LogP contribution in [0.1, 0.15) is 20.8 Å². The highest BCUT2D eigenvalue weighted by atomic mass is 16.5. The molecule has 6 nitrogen and oxygen atoms in total. The van der Waals surface area contributed by atoms with Crippen molar-refractivity contribution >= 4 is 12.0 Å². The van der Waals surface area contributed by atoms with Gasteiger partial charge in [-0.15, -0.1) is 0 Å². The van der Waals surface area contributed by atoms with Gasteiger partial charge < -0.3 is 20.5 Å². The number of rotatable bonds is 6. The van der Waals surface area contributed by atoms with Crippen molar-refractivity contribution in [2.75, 3.05) is 13.7 Å². The predicted molar refractivity (Wildman–Crippen MR) is 59.3 cm³/mol. The van der Waals surface area contributed by atoms with E-state index in [2.05, 4.69) is 10.6 Å². The van der Waals surface area contributed by atoms with E-state index in [1.807, 2.05) is 0 Å². The molecule has 0 aromatic carbocycles. The number of carboxylic acids is 1. The van der Waals surface area contributed by atoms with E-state index in [0.717, 1.165) is 0 Å². The lowest BCUT2D eigenvalue weighted by atomic mass is 10.1. The minimum Gasteiger partial charge on any atom is -0.480 e. The van der Waals surface area contributed by atoms with Gasteiger partial charge in [-0.25, -0.2) is 9.59 Å². The fourth-order valence-corrected chi connectivity index (χ4v) is 1.03. The Bertz CT molecular complexity index is 243. The summed E-state index contributed by atoms with van der Waals surface area (Å²) in [4.78, 5) is 22.1. The predicted octanol–water partition coefficient (Wildman–Crippen LogP) is 0.430. The van der Waals surface area contributed by atoms with Crippen LogP contribution in [0, 0.1) is 5.92 Å². The molecular formula is C10H20N2O4. The Kier molecular flexibility index (Phi) is 6.48. The van der Waals surface area contributed by atoms with Crippen LogP contribution in [-0.4, -0.2) is 42.9 Å². The van der Waals surface area contributed by atoms with Gasteiger partial charge >= 0.3 is 12.0 Å². The number of carboxylic acid groups (broad SMARTS) is 1. The molecule has 0 radical (unpaired) electrons. The third-order valence-corrected chi connectivity index (χ3v) is 2.17. The largest absolute Gasteiger partial charge is 0.480 e. The maximum atomic E-state index is 11.3. The molecule has 0 aliphatic rings. The molecule has 0 aliphatic carbocycles. The lowest BCUT2D eigenvalue weighted by Crippen LogP contribution is -2.49. The Balaban J connectivity index is 4.06. The first-order chi connectivity index (χ1) is 7.38. The van der Waals surface area contributed by atoms with E-state index in [-0.39, 0.29) is 12.0 Å². The summed E-state index contributed by atoms with van der Waals surface area (Å²) in [5.74, 6) is -1.20. The number of carbonyl (C=O) groups is 2. The van der Waals surface area contributed by atoms with Crippen molar-refractivity contribution in [3.05, 3.63) is 0 Å². The second-order valence-corrected chi connectivity index (χ2v) is 3.96. The second kappa shape index (κ2) is 7.05. The van der Waals surface area contributed by atoms with Crippen molar-refractivity contribution in [1.82, 2.24) is 10.6 Å². The summed E-state index contributed by atoms with van der Waals surface area (Å²) in [7, 11) is 1.54. The number of urea groups is 1. The van der Waals surface area contributed by atoms with E-state index in [9.17, 15) is 9.59 Å². The first-order valence-electron chi connectivity index (χ1n) is 5.18. The SMILES string of the molecule is COC(C)CNC(=O)NC(C(=O)O)C(C)C. The van der Waals surface area contributed by atoms with Gasteiger partial charge in [0.05, 0.1) is 6.10 Å². The number of nitrogens with one attached hydrogen (secondary N) is 2. The molecule has 0 bridgehead atoms. The highest BCUT2D eigenvalue weighted by Crippen LogP contribution is 2.01. The molecule has 0 aliphatic heterocycles. The molecule has 6 heteroatoms. The van der Waals surface area contributed by atoms with Gasteiger partial charge in [0.15, 0.2) is 0 Å². The maximum Gasteiger partial charge on any atom is 0.326 e. The van der Waals surface area contributed by atoms with Crippen LogP contribution in [0.15, 0.2) is 0 Å². The summed E-state index contributed by atoms with van der Waals surface area (Å²) in [6.07, 6.45) is -0.104. The Morgan fingerprint density at radius 2 is 1.88 bits per heavy atom. The highest BCUT2D eigenvalue weighted by Gasteiger charge is 2.23. The number of amides is 2. The number of aliphatic carboxylic acids is 1. The number of ether oxygens (including phenoxy) is 1. The van der Waals surface area contributed by atoms with E-state index >= 15 is 0 Å². The van der Waals surface area contributed by atoms with Crippen LogP contribution in [0.4, 0.5) is 4.79 Å². The van der Waals surface area contributed by atoms with Gasteiger partial charge in [-0.2, -0.15) is 0 Å². The minimum absolute atomic E-state index is 0.104. The summed E-state index contributed by atoms with van der Waals surface area (Å²) in [6, 6.07) is -1.37. The molecule has 16 heavy (non-hydrogen) atoms. The van der Waals surface area contributed by atoms with Crippen LogP contribution in [-0.2, 0) is 9.53 Å². The fraction of sp³-hybridized carbons (Fsp3) is 0.800. The zero-order valence-electron chi connectivity index (χ0n) is 10.1. The molecule has 2 atom stereocenters. The number of methoxy groups -OCH3 is 1. The topological polar surface area (TPSA) is 87.7 Å². The van der Waals surface area contributed by atoms with Crippen LogP contribution in [0.25, 0.3) is 0 Å². The molecule has 0 spiro atoms. The van der Waals surface area contributed by atoms with Crippen LogP contribution < -0.4 is 10.6 Å². The van der Waals surface area contributed by atoms with Gasteiger partial charge in [0, 0.05) is 13.7 Å². The summed E-state index contributed by atoms with van der Waals surface area (Å²) in [6.45, 7) is 5.61. The third kappa shape index (κ3) is 5.55. The van der Waals surface area contributed by atoms with Crippen LogP contribution in [0.5, 0.6) is 0 Å². The van der Waals surface area contributed by atoms with Crippen molar-refractivity contribution < 1.29 is 19.4 Å². The lowest BCUT2D eigenvalue weighted by molar-refractivity contribution is -0.140. The Morgan fingerprint density at radius 3 is 2.25 bits per heavy atom. The van der Waals surface area contributed by atoms with Gasteiger partial charge in [-0.05, 0) is 12.8 Å². The van der Waals surface area contributed by atoms with Crippen LogP contribution in [0.2, 0.25) is 0 Å². The normalized spacial score (nSPS) is 14.3. The molecule has 2 amide bonds. The fourth-order valence-electron chi connectivity index (χ4n) is 1.03. The molecule has 94 valence electrons. The van der Waals surface area contributed by atoms with Crippen molar-refractivity contribution in [1.29, 1.82) is 0 Å². The maximum absolute atomic E-state index is 11.3. The Morgan fingerprint density at radius 1 is 1.31 bits per heavy atom. The van der Waals surface area contributed by atoms with E-state index in [1.165, 1.54) is 0 Å². The Hall–Kier alpha value is -1.30. The zero-order valence-corrected chi connectivity index (χ0v) is 10.1. The number of hydrogen-bond acceptors (Lipinski definition) is 3. The van der Waals surface area contributed by atoms with Crippen molar-refractivity contribution in [2.24, 2.45) is 5.92 Å². The van der Waals surface area contributed by atoms with E-state index in [0.29, 0.717) is 6.54 Å². The molecule has 2 unspecified atom stereocenters. The highest BCUT2D eigenvalue weighted by molar-refractivity contribution is 5.82. The molecule has 0 saturated carbocycles. The molecule has 0 rings (SSSR count). The van der Waals surface area contributed by atoms with Crippen molar-refractivity contribution in [3.63, 3.8) is 0 Å². The van der Waals surface area contributed by atoms with E-state index in [4.69, 9.17) is 9.84 Å². The molecule has 0 fully saturated rings. The molecule has 0 aromatic heterocycles. The van der Waals surface area contributed by atoms with Crippen LogP contribution >= 0.6 is 0 Å². The van der Waals surface area contributed by atoms with Gasteiger partial charge in [0.1, 0.15) is 6.04 Å². The van der Waals surface area contributed by atoms with Crippen LogP contribution in [0.3, 0.4) is 0 Å². The summed E-state index contributed by atoms with van der Waals surface area (Å²) in [5, 5.41) is 13.8. The third-order valence-electron chi connectivity index (χ3n) is 2.17. The second-order valence-electron chi connectivity index (χ2n) is 3.96. The number of carbonyl (C=O) groups excluding carboxylic acids is 1. The molecule has 3 N–H and O–H groups in total. The first kappa shape index (κ1) is 14.7. The van der Waals surface area contributed by atoms with Gasteiger partial charge in [0.25, 0.3) is 0 Å². The molecule has 0 aromatic rings. The smallest absolute Gasteiger partial charge is 0.326 e. The number of hydrogen-bond donors (Lipinski definition) is 3. The zero-order chi connectivity index (χ0) is 12.7. The summed E-state index contributed by atoms with van der Waals surface area (Å²) in [5.41, 5.74) is 0. The average molecular weight is 232 g/mol. The summed E-state index contributed by atoms with van der Waals surface area (Å²) >= 11 is 0. The van der Waals surface area contributed by atoms with Gasteiger partial charge in [0.2, 0.25) is 0 Å². The van der Waals surface area contributed by atoms with E-state index in [1.54, 1.807) is 27.9 Å². The standard InChI is InChI=1S/C10H20N2O4/c1-6(2)8(9(13)14)12-10(15)11-5-7(3)16-4/h6-8H,5H2,1-4H3,(H,13,14)(H2,11,12,15). The molecule has 0 heterocycles. The van der Waals surface area contributed by atoms with Crippen molar-refractivity contribution in [3.8, 4) is 0 Å². The quantitative estimate of drug-likeness (QED) is 0.619. The monoisotopic (exact) mass is 232 g/mol. The lowest BCUT2D eigenvalue weighted by Gasteiger charge is -2.19.